The average Bonchev–Trinajstić information content (AvgIpc) is 3.33. The molecule has 0 saturated carbocycles. The second-order valence-corrected chi connectivity index (χ2v) is 7.14. The first-order valence-corrected chi connectivity index (χ1v) is 9.49. The molecule has 0 bridgehead atoms. The number of hydrogen-bond donors (Lipinski definition) is 1. The zero-order chi connectivity index (χ0) is 16.9. The van der Waals surface area contributed by atoms with E-state index in [0.717, 1.165) is 36.9 Å². The van der Waals surface area contributed by atoms with Crippen LogP contribution in [0.25, 0.3) is 10.8 Å². The van der Waals surface area contributed by atoms with Crippen LogP contribution in [0.1, 0.15) is 12.1 Å². The molecule has 1 unspecified atom stereocenters. The minimum absolute atomic E-state index is 0.691. The predicted octanol–water partition coefficient (Wildman–Crippen LogP) is 3.22. The predicted molar refractivity (Wildman–Crippen MR) is 102 cm³/mol. The van der Waals surface area contributed by atoms with Gasteiger partial charge in [0, 0.05) is 49.6 Å². The molecule has 0 radical (unpaired) electrons. The Morgan fingerprint density at radius 3 is 2.80 bits per heavy atom. The highest BCUT2D eigenvalue weighted by atomic mass is 32.1. The summed E-state index contributed by atoms with van der Waals surface area (Å²) in [6, 6.07) is 12.5. The van der Waals surface area contributed by atoms with Crippen molar-refractivity contribution in [3.8, 4) is 10.8 Å². The van der Waals surface area contributed by atoms with Crippen molar-refractivity contribution in [1.29, 1.82) is 0 Å². The molecule has 0 aliphatic carbocycles. The molecule has 0 amide bonds. The van der Waals surface area contributed by atoms with Gasteiger partial charge in [-0.2, -0.15) is 0 Å². The van der Waals surface area contributed by atoms with Gasteiger partial charge in [0.15, 0.2) is 10.8 Å². The molecule has 1 N–H and O–H groups in total. The summed E-state index contributed by atoms with van der Waals surface area (Å²) in [7, 11) is 0. The van der Waals surface area contributed by atoms with Gasteiger partial charge in [-0.3, -0.25) is 0 Å². The maximum Gasteiger partial charge on any atom is 0.188 e. The van der Waals surface area contributed by atoms with E-state index in [9.17, 15) is 0 Å². The molecule has 3 heterocycles. The number of para-hydroxylation sites is 1. The first-order valence-electron chi connectivity index (χ1n) is 8.61. The summed E-state index contributed by atoms with van der Waals surface area (Å²) < 4.78 is 0. The third-order valence-electron chi connectivity index (χ3n) is 4.46. The van der Waals surface area contributed by atoms with Crippen molar-refractivity contribution < 1.29 is 0 Å². The van der Waals surface area contributed by atoms with E-state index >= 15 is 0 Å². The SMILES string of the molecule is c1ccc(N2CCC(CNCc3csc(-c4ncccn4)n3)C2)cc1. The smallest absolute Gasteiger partial charge is 0.188 e. The normalized spacial score (nSPS) is 17.1. The first-order chi connectivity index (χ1) is 12.4. The summed E-state index contributed by atoms with van der Waals surface area (Å²) >= 11 is 1.60. The molecule has 6 heteroatoms. The third-order valence-corrected chi connectivity index (χ3v) is 5.34. The van der Waals surface area contributed by atoms with Crippen LogP contribution < -0.4 is 10.2 Å². The molecule has 128 valence electrons. The van der Waals surface area contributed by atoms with Crippen molar-refractivity contribution in [3.05, 3.63) is 59.9 Å². The Balaban J connectivity index is 1.26. The number of thiazole rings is 1. The fourth-order valence-corrected chi connectivity index (χ4v) is 3.94. The van der Waals surface area contributed by atoms with Gasteiger partial charge in [0.1, 0.15) is 0 Å². The summed E-state index contributed by atoms with van der Waals surface area (Å²) in [5.74, 6) is 1.39. The largest absolute Gasteiger partial charge is 0.371 e. The quantitative estimate of drug-likeness (QED) is 0.739. The minimum atomic E-state index is 0.691. The van der Waals surface area contributed by atoms with Crippen molar-refractivity contribution in [1.82, 2.24) is 20.3 Å². The number of nitrogens with zero attached hydrogens (tertiary/aromatic N) is 4. The highest BCUT2D eigenvalue weighted by Gasteiger charge is 2.22. The van der Waals surface area contributed by atoms with Gasteiger partial charge in [-0.25, -0.2) is 15.0 Å². The van der Waals surface area contributed by atoms with Crippen LogP contribution in [0.5, 0.6) is 0 Å². The van der Waals surface area contributed by atoms with Gasteiger partial charge < -0.3 is 10.2 Å². The van der Waals surface area contributed by atoms with E-state index in [0.29, 0.717) is 11.7 Å². The lowest BCUT2D eigenvalue weighted by molar-refractivity contribution is 0.514. The van der Waals surface area contributed by atoms with Gasteiger partial charge in [0.25, 0.3) is 0 Å². The molecule has 5 nitrogen and oxygen atoms in total. The van der Waals surface area contributed by atoms with Gasteiger partial charge in [0.2, 0.25) is 0 Å². The molecule has 1 fully saturated rings. The molecule has 1 aliphatic rings. The Labute approximate surface area is 151 Å². The lowest BCUT2D eigenvalue weighted by Gasteiger charge is -2.18. The van der Waals surface area contributed by atoms with Crippen LogP contribution in [-0.4, -0.2) is 34.6 Å². The summed E-state index contributed by atoms with van der Waals surface area (Å²) in [4.78, 5) is 15.6. The lowest BCUT2D eigenvalue weighted by atomic mass is 10.1. The Morgan fingerprint density at radius 1 is 1.12 bits per heavy atom. The minimum Gasteiger partial charge on any atom is -0.371 e. The van der Waals surface area contributed by atoms with Crippen molar-refractivity contribution in [3.63, 3.8) is 0 Å². The molecule has 25 heavy (non-hydrogen) atoms. The molecule has 4 rings (SSSR count). The van der Waals surface area contributed by atoms with Crippen LogP contribution >= 0.6 is 11.3 Å². The Morgan fingerprint density at radius 2 is 1.96 bits per heavy atom. The molecule has 3 aromatic rings. The van der Waals surface area contributed by atoms with Crippen LogP contribution in [0.4, 0.5) is 5.69 Å². The second kappa shape index (κ2) is 7.72. The topological polar surface area (TPSA) is 53.9 Å². The van der Waals surface area contributed by atoms with E-state index in [-0.39, 0.29) is 0 Å². The van der Waals surface area contributed by atoms with Crippen LogP contribution in [0, 0.1) is 5.92 Å². The number of anilines is 1. The Hall–Kier alpha value is -2.31. The Bertz CT molecular complexity index is 790. The van der Waals surface area contributed by atoms with Crippen LogP contribution in [-0.2, 0) is 6.54 Å². The first kappa shape index (κ1) is 16.2. The van der Waals surface area contributed by atoms with Gasteiger partial charge in [0.05, 0.1) is 5.69 Å². The van der Waals surface area contributed by atoms with Gasteiger partial charge in [-0.15, -0.1) is 11.3 Å². The molecular weight excluding hydrogens is 330 g/mol. The summed E-state index contributed by atoms with van der Waals surface area (Å²) in [6.07, 6.45) is 4.74. The molecule has 1 aromatic carbocycles. The monoisotopic (exact) mass is 351 g/mol. The summed E-state index contributed by atoms with van der Waals surface area (Å²) in [6.45, 7) is 4.09. The number of rotatable bonds is 6. The molecule has 1 saturated heterocycles. The fourth-order valence-electron chi connectivity index (χ4n) is 3.18. The zero-order valence-corrected chi connectivity index (χ0v) is 14.8. The van der Waals surface area contributed by atoms with Crippen molar-refractivity contribution in [2.45, 2.75) is 13.0 Å². The van der Waals surface area contributed by atoms with Crippen LogP contribution in [0.3, 0.4) is 0 Å². The van der Waals surface area contributed by atoms with E-state index in [1.165, 1.54) is 12.1 Å². The van der Waals surface area contributed by atoms with E-state index in [4.69, 9.17) is 0 Å². The maximum atomic E-state index is 4.63. The van der Waals surface area contributed by atoms with E-state index in [2.05, 4.69) is 60.9 Å². The number of aromatic nitrogens is 3. The highest BCUT2D eigenvalue weighted by molar-refractivity contribution is 7.13. The fraction of sp³-hybridized carbons (Fsp3) is 0.316. The van der Waals surface area contributed by atoms with Gasteiger partial charge >= 0.3 is 0 Å². The molecule has 1 aliphatic heterocycles. The van der Waals surface area contributed by atoms with E-state index < -0.39 is 0 Å². The standard InChI is InChI=1S/C19H21N5S/c1-2-5-17(6-3-1)24-10-7-15(13-24)11-20-12-16-14-25-19(23-16)18-21-8-4-9-22-18/h1-6,8-9,14-15,20H,7,10-13H2. The second-order valence-electron chi connectivity index (χ2n) is 6.28. The van der Waals surface area contributed by atoms with Gasteiger partial charge in [-0.05, 0) is 30.5 Å². The zero-order valence-electron chi connectivity index (χ0n) is 14.0. The van der Waals surface area contributed by atoms with Gasteiger partial charge in [-0.1, -0.05) is 18.2 Å². The highest BCUT2D eigenvalue weighted by Crippen LogP contribution is 2.23. The van der Waals surface area contributed by atoms with E-state index in [1.807, 2.05) is 6.07 Å². The van der Waals surface area contributed by atoms with Crippen molar-refractivity contribution >= 4 is 17.0 Å². The average molecular weight is 351 g/mol. The summed E-state index contributed by atoms with van der Waals surface area (Å²) in [5, 5.41) is 6.53. The number of benzene rings is 1. The molecule has 2 aromatic heterocycles. The molecule has 0 spiro atoms. The maximum absolute atomic E-state index is 4.63. The van der Waals surface area contributed by atoms with Crippen LogP contribution in [0.15, 0.2) is 54.2 Å². The number of nitrogens with one attached hydrogen (secondary N) is 1. The van der Waals surface area contributed by atoms with Crippen LogP contribution in [0.2, 0.25) is 0 Å². The summed E-state index contributed by atoms with van der Waals surface area (Å²) in [5.41, 5.74) is 2.39. The van der Waals surface area contributed by atoms with E-state index in [1.54, 1.807) is 23.7 Å². The third kappa shape index (κ3) is 4.03. The van der Waals surface area contributed by atoms with Crippen molar-refractivity contribution in [2.75, 3.05) is 24.5 Å². The molecule has 1 atom stereocenters. The lowest BCUT2D eigenvalue weighted by Crippen LogP contribution is -2.26. The number of hydrogen-bond acceptors (Lipinski definition) is 6. The molecular formula is C19H21N5S. The van der Waals surface area contributed by atoms with Crippen molar-refractivity contribution in [2.24, 2.45) is 5.92 Å². The Kier molecular flexibility index (Phi) is 4.99.